The number of hydrogen-bond donors (Lipinski definition) is 1. The number of nitrogens with one attached hydrogen (secondary N) is 1. The van der Waals surface area contributed by atoms with Gasteiger partial charge < -0.3 is 5.32 Å². The molecular weight excluding hydrogens is 328 g/mol. The van der Waals surface area contributed by atoms with Crippen molar-refractivity contribution in [3.63, 3.8) is 0 Å². The third-order valence-electron chi connectivity index (χ3n) is 4.62. The summed E-state index contributed by atoms with van der Waals surface area (Å²) in [5.41, 5.74) is 4.57. The van der Waals surface area contributed by atoms with Crippen molar-refractivity contribution in [1.29, 1.82) is 0 Å². The number of rotatable bonds is 4. The van der Waals surface area contributed by atoms with Crippen LogP contribution in [0.2, 0.25) is 0 Å². The molecule has 25 heavy (non-hydrogen) atoms. The largest absolute Gasteiger partial charge is 0.349 e. The van der Waals surface area contributed by atoms with Gasteiger partial charge in [-0.3, -0.25) is 4.79 Å². The summed E-state index contributed by atoms with van der Waals surface area (Å²) in [7, 11) is 0. The summed E-state index contributed by atoms with van der Waals surface area (Å²) in [5.74, 6) is 0.0478. The highest BCUT2D eigenvalue weighted by atomic mass is 32.1. The highest BCUT2D eigenvalue weighted by molar-refractivity contribution is 7.13. The van der Waals surface area contributed by atoms with Gasteiger partial charge in [-0.15, -0.1) is 11.3 Å². The first kappa shape index (κ1) is 16.0. The summed E-state index contributed by atoms with van der Waals surface area (Å²) in [6.45, 7) is 0. The minimum Gasteiger partial charge on any atom is -0.349 e. The SMILES string of the molecule is O=C(Cc1csc(-c2ccccc2)n1)NC1CCCc2ccccc21. The lowest BCUT2D eigenvalue weighted by molar-refractivity contribution is -0.121. The van der Waals surface area contributed by atoms with E-state index in [0.29, 0.717) is 6.42 Å². The van der Waals surface area contributed by atoms with Gasteiger partial charge in [0.15, 0.2) is 0 Å². The Morgan fingerprint density at radius 1 is 1.12 bits per heavy atom. The summed E-state index contributed by atoms with van der Waals surface area (Å²) < 4.78 is 0. The Labute approximate surface area is 151 Å². The van der Waals surface area contributed by atoms with Crippen LogP contribution in [0.25, 0.3) is 10.6 Å². The first-order valence-electron chi connectivity index (χ1n) is 8.66. The van der Waals surface area contributed by atoms with E-state index >= 15 is 0 Å². The molecule has 3 aromatic rings. The zero-order valence-electron chi connectivity index (χ0n) is 13.9. The second-order valence-corrected chi connectivity index (χ2v) is 7.26. The third-order valence-corrected chi connectivity index (χ3v) is 5.56. The molecule has 0 fully saturated rings. The summed E-state index contributed by atoms with van der Waals surface area (Å²) >= 11 is 1.59. The normalized spacial score (nSPS) is 16.2. The van der Waals surface area contributed by atoms with Crippen molar-refractivity contribution < 1.29 is 4.79 Å². The number of thiazole rings is 1. The van der Waals surface area contributed by atoms with Crippen molar-refractivity contribution >= 4 is 17.2 Å². The molecule has 126 valence electrons. The van der Waals surface area contributed by atoms with Crippen molar-refractivity contribution in [2.75, 3.05) is 0 Å². The third kappa shape index (κ3) is 3.64. The lowest BCUT2D eigenvalue weighted by Crippen LogP contribution is -2.32. The lowest BCUT2D eigenvalue weighted by atomic mass is 9.87. The first-order chi connectivity index (χ1) is 12.3. The molecule has 1 aliphatic rings. The van der Waals surface area contributed by atoms with Crippen LogP contribution >= 0.6 is 11.3 Å². The molecule has 4 heteroatoms. The highest BCUT2D eigenvalue weighted by Gasteiger charge is 2.21. The Kier molecular flexibility index (Phi) is 4.61. The molecule has 3 nitrogen and oxygen atoms in total. The maximum Gasteiger partial charge on any atom is 0.226 e. The van der Waals surface area contributed by atoms with E-state index in [4.69, 9.17) is 0 Å². The Morgan fingerprint density at radius 3 is 2.80 bits per heavy atom. The van der Waals surface area contributed by atoms with Gasteiger partial charge in [-0.2, -0.15) is 0 Å². The Bertz CT molecular complexity index is 872. The van der Waals surface area contributed by atoms with Crippen LogP contribution in [0.15, 0.2) is 60.0 Å². The van der Waals surface area contributed by atoms with Crippen molar-refractivity contribution in [3.05, 3.63) is 76.8 Å². The summed E-state index contributed by atoms with van der Waals surface area (Å²) in [5, 5.41) is 6.15. The van der Waals surface area contributed by atoms with Crippen LogP contribution in [0.1, 0.15) is 35.7 Å². The molecule has 0 spiro atoms. The molecule has 1 unspecified atom stereocenters. The molecule has 1 aromatic heterocycles. The monoisotopic (exact) mass is 348 g/mol. The number of carbonyl (C=O) groups is 1. The van der Waals surface area contributed by atoms with E-state index in [0.717, 1.165) is 35.5 Å². The van der Waals surface area contributed by atoms with E-state index in [-0.39, 0.29) is 11.9 Å². The van der Waals surface area contributed by atoms with E-state index in [1.165, 1.54) is 11.1 Å². The number of amides is 1. The number of aromatic nitrogens is 1. The lowest BCUT2D eigenvalue weighted by Gasteiger charge is -2.26. The van der Waals surface area contributed by atoms with Gasteiger partial charge in [0.25, 0.3) is 0 Å². The molecule has 1 N–H and O–H groups in total. The van der Waals surface area contributed by atoms with Crippen LogP contribution in [-0.4, -0.2) is 10.9 Å². The fraction of sp³-hybridized carbons (Fsp3) is 0.238. The number of nitrogens with zero attached hydrogens (tertiary/aromatic N) is 1. The Balaban J connectivity index is 1.43. The van der Waals surface area contributed by atoms with Crippen LogP contribution in [-0.2, 0) is 17.6 Å². The molecule has 2 aromatic carbocycles. The van der Waals surface area contributed by atoms with E-state index in [9.17, 15) is 4.79 Å². The van der Waals surface area contributed by atoms with E-state index < -0.39 is 0 Å². The van der Waals surface area contributed by atoms with Gasteiger partial charge in [-0.05, 0) is 30.4 Å². The van der Waals surface area contributed by atoms with Crippen molar-refractivity contribution in [3.8, 4) is 10.6 Å². The van der Waals surface area contributed by atoms with Crippen LogP contribution in [0.3, 0.4) is 0 Å². The number of hydrogen-bond acceptors (Lipinski definition) is 3. The smallest absolute Gasteiger partial charge is 0.226 e. The molecule has 1 aliphatic carbocycles. The van der Waals surface area contributed by atoms with Crippen molar-refractivity contribution in [2.45, 2.75) is 31.7 Å². The molecule has 0 saturated heterocycles. The van der Waals surface area contributed by atoms with Gasteiger partial charge in [-0.1, -0.05) is 54.6 Å². The van der Waals surface area contributed by atoms with Crippen LogP contribution < -0.4 is 5.32 Å². The van der Waals surface area contributed by atoms with E-state index in [1.54, 1.807) is 11.3 Å². The topological polar surface area (TPSA) is 42.0 Å². The maximum atomic E-state index is 12.5. The van der Waals surface area contributed by atoms with Crippen molar-refractivity contribution in [1.82, 2.24) is 10.3 Å². The molecular formula is C21H20N2OS. The average molecular weight is 348 g/mol. The van der Waals surface area contributed by atoms with E-state index in [2.05, 4.69) is 34.6 Å². The molecule has 1 atom stereocenters. The number of carbonyl (C=O) groups excluding carboxylic acids is 1. The standard InChI is InChI=1S/C21H20N2OS/c24-20(23-19-12-6-10-15-7-4-5-11-18(15)19)13-17-14-25-21(22-17)16-8-2-1-3-9-16/h1-5,7-9,11,14,19H,6,10,12-13H2,(H,23,24). The van der Waals surface area contributed by atoms with Crippen LogP contribution in [0.4, 0.5) is 0 Å². The second-order valence-electron chi connectivity index (χ2n) is 6.40. The van der Waals surface area contributed by atoms with Gasteiger partial charge >= 0.3 is 0 Å². The van der Waals surface area contributed by atoms with Crippen LogP contribution in [0.5, 0.6) is 0 Å². The minimum atomic E-state index is 0.0478. The van der Waals surface area contributed by atoms with Gasteiger partial charge in [0.05, 0.1) is 18.2 Å². The second kappa shape index (κ2) is 7.19. The van der Waals surface area contributed by atoms with Gasteiger partial charge in [-0.25, -0.2) is 4.98 Å². The van der Waals surface area contributed by atoms with Crippen molar-refractivity contribution in [2.24, 2.45) is 0 Å². The fourth-order valence-corrected chi connectivity index (χ4v) is 4.24. The molecule has 0 bridgehead atoms. The maximum absolute atomic E-state index is 12.5. The first-order valence-corrected chi connectivity index (χ1v) is 9.54. The number of benzene rings is 2. The predicted octanol–water partition coefficient (Wildman–Crippen LogP) is 4.55. The summed E-state index contributed by atoms with van der Waals surface area (Å²) in [4.78, 5) is 17.1. The fourth-order valence-electron chi connectivity index (χ4n) is 3.42. The molecule has 0 saturated carbocycles. The summed E-state index contributed by atoms with van der Waals surface area (Å²) in [6.07, 6.45) is 3.57. The number of aryl methyl sites for hydroxylation is 1. The van der Waals surface area contributed by atoms with Gasteiger partial charge in [0, 0.05) is 10.9 Å². The molecule has 0 aliphatic heterocycles. The molecule has 0 radical (unpaired) electrons. The quantitative estimate of drug-likeness (QED) is 0.752. The van der Waals surface area contributed by atoms with Gasteiger partial charge in [0.1, 0.15) is 5.01 Å². The zero-order chi connectivity index (χ0) is 17.1. The minimum absolute atomic E-state index is 0.0478. The Morgan fingerprint density at radius 2 is 1.92 bits per heavy atom. The number of fused-ring (bicyclic) bond motifs is 1. The zero-order valence-corrected chi connectivity index (χ0v) is 14.8. The molecule has 1 amide bonds. The van der Waals surface area contributed by atoms with E-state index in [1.807, 2.05) is 35.7 Å². The molecule has 1 heterocycles. The van der Waals surface area contributed by atoms with Crippen LogP contribution in [0, 0.1) is 0 Å². The highest BCUT2D eigenvalue weighted by Crippen LogP contribution is 2.29. The molecule has 4 rings (SSSR count). The summed E-state index contributed by atoms with van der Waals surface area (Å²) in [6, 6.07) is 18.6. The van der Waals surface area contributed by atoms with Gasteiger partial charge in [0.2, 0.25) is 5.91 Å². The average Bonchev–Trinajstić information content (AvgIpc) is 3.11. The Hall–Kier alpha value is -2.46. The predicted molar refractivity (Wildman–Crippen MR) is 102 cm³/mol.